The first-order chi connectivity index (χ1) is 9.77. The minimum Gasteiger partial charge on any atom is -0.389 e. The van der Waals surface area contributed by atoms with Gasteiger partial charge >= 0.3 is 0 Å². The first kappa shape index (κ1) is 17.0. The molecule has 0 aliphatic carbocycles. The molecule has 1 aromatic carbocycles. The summed E-state index contributed by atoms with van der Waals surface area (Å²) < 4.78 is 18.7. The zero-order valence-corrected chi connectivity index (χ0v) is 12.0. The minimum absolute atomic E-state index is 0.0124. The number of hydrogen-bond donors (Lipinski definition) is 1. The lowest BCUT2D eigenvalue weighted by Crippen LogP contribution is -2.36. The summed E-state index contributed by atoms with van der Waals surface area (Å²) >= 11 is 0. The molecule has 0 spiro atoms. The Balaban J connectivity index is 3.03. The molecule has 0 heterocycles. The summed E-state index contributed by atoms with van der Waals surface area (Å²) in [6.45, 7) is 1.29. The number of rotatable bonds is 6. The predicted molar refractivity (Wildman–Crippen MR) is 72.6 cm³/mol. The molecule has 116 valence electrons. The number of ether oxygens (including phenoxy) is 1. The van der Waals surface area contributed by atoms with E-state index in [9.17, 15) is 24.4 Å². The fourth-order valence-corrected chi connectivity index (χ4v) is 1.86. The molecule has 1 rings (SSSR count). The molecule has 0 saturated carbocycles. The van der Waals surface area contributed by atoms with Crippen LogP contribution in [0.5, 0.6) is 0 Å². The maximum absolute atomic E-state index is 14.0. The summed E-state index contributed by atoms with van der Waals surface area (Å²) in [5.74, 6) is -1.55. The van der Waals surface area contributed by atoms with E-state index in [1.54, 1.807) is 0 Å². The summed E-state index contributed by atoms with van der Waals surface area (Å²) in [6, 6.07) is 1.95. The van der Waals surface area contributed by atoms with E-state index in [-0.39, 0.29) is 24.4 Å². The van der Waals surface area contributed by atoms with Gasteiger partial charge in [-0.3, -0.25) is 14.9 Å². The number of benzene rings is 1. The number of methoxy groups -OCH3 is 1. The smallest absolute Gasteiger partial charge is 0.270 e. The van der Waals surface area contributed by atoms with Gasteiger partial charge in [0.05, 0.1) is 23.2 Å². The van der Waals surface area contributed by atoms with Crippen LogP contribution in [0.2, 0.25) is 0 Å². The Kier molecular flexibility index (Phi) is 5.74. The first-order valence-electron chi connectivity index (χ1n) is 6.15. The topological polar surface area (TPSA) is 92.9 Å². The number of non-ortho nitro benzene ring substituents is 1. The Morgan fingerprint density at radius 3 is 2.71 bits per heavy atom. The molecule has 0 aromatic heterocycles. The number of nitrogens with zero attached hydrogens (tertiary/aromatic N) is 2. The molecule has 0 radical (unpaired) electrons. The summed E-state index contributed by atoms with van der Waals surface area (Å²) in [6.07, 6.45) is -0.924. The molecule has 0 bridgehead atoms. The van der Waals surface area contributed by atoms with Crippen molar-refractivity contribution < 1.29 is 24.0 Å². The molecule has 0 saturated heterocycles. The van der Waals surface area contributed by atoms with Gasteiger partial charge in [0.2, 0.25) is 0 Å². The second-order valence-corrected chi connectivity index (χ2v) is 4.68. The summed E-state index contributed by atoms with van der Waals surface area (Å²) in [7, 11) is 2.77. The van der Waals surface area contributed by atoms with Crippen LogP contribution in [0.4, 0.5) is 10.1 Å². The number of aliphatic hydroxyl groups is 1. The van der Waals surface area contributed by atoms with E-state index in [1.807, 2.05) is 0 Å². The molecule has 1 atom stereocenters. The zero-order valence-electron chi connectivity index (χ0n) is 12.0. The summed E-state index contributed by atoms with van der Waals surface area (Å²) in [5, 5.41) is 20.3. The van der Waals surface area contributed by atoms with Crippen LogP contribution in [0.1, 0.15) is 15.9 Å². The van der Waals surface area contributed by atoms with E-state index in [0.29, 0.717) is 0 Å². The van der Waals surface area contributed by atoms with Gasteiger partial charge in [-0.2, -0.15) is 0 Å². The highest BCUT2D eigenvalue weighted by atomic mass is 19.1. The third kappa shape index (κ3) is 4.20. The highest BCUT2D eigenvalue weighted by Gasteiger charge is 2.23. The van der Waals surface area contributed by atoms with Crippen LogP contribution >= 0.6 is 0 Å². The van der Waals surface area contributed by atoms with Crippen molar-refractivity contribution in [3.63, 3.8) is 0 Å². The fraction of sp³-hybridized carbons (Fsp3) is 0.462. The monoisotopic (exact) mass is 300 g/mol. The second-order valence-electron chi connectivity index (χ2n) is 4.68. The Labute approximate surface area is 121 Å². The molecule has 1 amide bonds. The van der Waals surface area contributed by atoms with Crippen molar-refractivity contribution in [2.45, 2.75) is 13.0 Å². The number of amides is 1. The number of hydrogen-bond acceptors (Lipinski definition) is 5. The number of nitro benzene ring substituents is 1. The Morgan fingerprint density at radius 1 is 1.57 bits per heavy atom. The lowest BCUT2D eigenvalue weighted by molar-refractivity contribution is -0.385. The average Bonchev–Trinajstić information content (AvgIpc) is 2.40. The van der Waals surface area contributed by atoms with Crippen molar-refractivity contribution in [1.82, 2.24) is 4.90 Å². The lowest BCUT2D eigenvalue weighted by Gasteiger charge is -2.21. The van der Waals surface area contributed by atoms with E-state index in [0.717, 1.165) is 17.0 Å². The van der Waals surface area contributed by atoms with Crippen LogP contribution in [0, 0.1) is 22.9 Å². The van der Waals surface area contributed by atoms with Crippen LogP contribution in [-0.4, -0.2) is 54.3 Å². The molecule has 7 nitrogen and oxygen atoms in total. The lowest BCUT2D eigenvalue weighted by atomic mass is 10.1. The maximum atomic E-state index is 14.0. The van der Waals surface area contributed by atoms with Crippen LogP contribution in [0.3, 0.4) is 0 Å². The van der Waals surface area contributed by atoms with Gasteiger partial charge in [-0.05, 0) is 12.5 Å². The van der Waals surface area contributed by atoms with Crippen LogP contribution in [-0.2, 0) is 4.74 Å². The van der Waals surface area contributed by atoms with Crippen molar-refractivity contribution in [2.75, 3.05) is 27.3 Å². The molecular weight excluding hydrogens is 283 g/mol. The number of aliphatic hydroxyl groups excluding tert-OH is 1. The van der Waals surface area contributed by atoms with Gasteiger partial charge in [-0.25, -0.2) is 4.39 Å². The van der Waals surface area contributed by atoms with Crippen LogP contribution < -0.4 is 0 Å². The summed E-state index contributed by atoms with van der Waals surface area (Å²) in [5.41, 5.74) is -0.740. The molecule has 1 unspecified atom stereocenters. The van der Waals surface area contributed by atoms with Crippen LogP contribution in [0.25, 0.3) is 0 Å². The quantitative estimate of drug-likeness (QED) is 0.627. The van der Waals surface area contributed by atoms with Gasteiger partial charge in [-0.15, -0.1) is 0 Å². The van der Waals surface area contributed by atoms with E-state index < -0.39 is 28.3 Å². The normalized spacial score (nSPS) is 12.0. The SMILES string of the molecule is COCC(O)CN(C)C(=O)c1cc([N+](=O)[O-])cc(C)c1F. The van der Waals surface area contributed by atoms with Gasteiger partial charge in [0.1, 0.15) is 5.82 Å². The molecule has 8 heteroatoms. The first-order valence-corrected chi connectivity index (χ1v) is 6.15. The highest BCUT2D eigenvalue weighted by Crippen LogP contribution is 2.22. The van der Waals surface area contributed by atoms with Crippen LogP contribution in [0.15, 0.2) is 12.1 Å². The number of carbonyl (C=O) groups is 1. The maximum Gasteiger partial charge on any atom is 0.270 e. The van der Waals surface area contributed by atoms with Gasteiger partial charge in [0.25, 0.3) is 11.6 Å². The standard InChI is InChI=1S/C13H17FN2O5/c1-8-4-9(16(19)20)5-11(12(8)14)13(18)15(2)6-10(17)7-21-3/h4-5,10,17H,6-7H2,1-3H3. The van der Waals surface area contributed by atoms with Crippen molar-refractivity contribution >= 4 is 11.6 Å². The summed E-state index contributed by atoms with van der Waals surface area (Å²) in [4.78, 5) is 23.3. The molecule has 1 N–H and O–H groups in total. The zero-order chi connectivity index (χ0) is 16.2. The van der Waals surface area contributed by atoms with E-state index >= 15 is 0 Å². The molecule has 0 fully saturated rings. The van der Waals surface area contributed by atoms with Gasteiger partial charge in [-0.1, -0.05) is 0 Å². The van der Waals surface area contributed by atoms with Gasteiger partial charge in [0.15, 0.2) is 0 Å². The Bertz CT molecular complexity index is 550. The van der Waals surface area contributed by atoms with Crippen molar-refractivity contribution in [1.29, 1.82) is 0 Å². The molecule has 0 aliphatic rings. The van der Waals surface area contributed by atoms with Crippen molar-refractivity contribution in [2.24, 2.45) is 0 Å². The predicted octanol–water partition coefficient (Wildman–Crippen LogP) is 1.12. The molecule has 21 heavy (non-hydrogen) atoms. The highest BCUT2D eigenvalue weighted by molar-refractivity contribution is 5.95. The fourth-order valence-electron chi connectivity index (χ4n) is 1.86. The van der Waals surface area contributed by atoms with E-state index in [1.165, 1.54) is 21.1 Å². The van der Waals surface area contributed by atoms with Crippen molar-refractivity contribution in [3.05, 3.63) is 39.2 Å². The molecule has 1 aromatic rings. The van der Waals surface area contributed by atoms with Gasteiger partial charge < -0.3 is 14.7 Å². The number of aryl methyl sites for hydroxylation is 1. The van der Waals surface area contributed by atoms with E-state index in [2.05, 4.69) is 0 Å². The Hall–Kier alpha value is -2.06. The number of carbonyl (C=O) groups excluding carboxylic acids is 1. The largest absolute Gasteiger partial charge is 0.389 e. The third-order valence-electron chi connectivity index (χ3n) is 2.87. The van der Waals surface area contributed by atoms with Gasteiger partial charge in [0, 0.05) is 32.8 Å². The number of nitro groups is 1. The molecule has 0 aliphatic heterocycles. The number of likely N-dealkylation sites (N-methyl/N-ethyl adjacent to an activating group) is 1. The Morgan fingerprint density at radius 2 is 2.19 bits per heavy atom. The average molecular weight is 300 g/mol. The van der Waals surface area contributed by atoms with E-state index in [4.69, 9.17) is 4.74 Å². The molecular formula is C13H17FN2O5. The van der Waals surface area contributed by atoms with Crippen molar-refractivity contribution in [3.8, 4) is 0 Å². The second kappa shape index (κ2) is 7.09. The number of halogens is 1. The third-order valence-corrected chi connectivity index (χ3v) is 2.87. The minimum atomic E-state index is -0.924.